The monoisotopic (exact) mass is 280 g/mol. The van der Waals surface area contributed by atoms with Crippen LogP contribution in [0.15, 0.2) is 24.3 Å². The summed E-state index contributed by atoms with van der Waals surface area (Å²) in [5.41, 5.74) is -0.138. The molecule has 0 radical (unpaired) electrons. The number of amides is 1. The molecule has 1 amide bonds. The smallest absolute Gasteiger partial charge is 0.239 e. The minimum atomic E-state index is -0.903. The molecule has 0 aliphatic rings. The standard InChI is InChI=1S/C15H24N2O3/c1-11(2)15(3,19)10-17-14(18)9-16-12-7-5-6-8-13(12)20-4/h5-8,11,16,19H,9-10H2,1-4H3,(H,17,18). The van der Waals surface area contributed by atoms with E-state index in [-0.39, 0.29) is 24.9 Å². The second-order valence-electron chi connectivity index (χ2n) is 5.34. The molecular formula is C15H24N2O3. The Bertz CT molecular complexity index is 444. The molecule has 0 aliphatic carbocycles. The number of carbonyl (C=O) groups excluding carboxylic acids is 1. The van der Waals surface area contributed by atoms with Crippen LogP contribution in [0.25, 0.3) is 0 Å². The third-order valence-corrected chi connectivity index (χ3v) is 3.43. The molecule has 0 spiro atoms. The number of aliphatic hydroxyl groups is 1. The van der Waals surface area contributed by atoms with Crippen molar-refractivity contribution in [3.05, 3.63) is 24.3 Å². The van der Waals surface area contributed by atoms with Gasteiger partial charge in [0.25, 0.3) is 0 Å². The number of hydrogen-bond acceptors (Lipinski definition) is 4. The van der Waals surface area contributed by atoms with Gasteiger partial charge in [-0.15, -0.1) is 0 Å². The first kappa shape index (κ1) is 16.3. The van der Waals surface area contributed by atoms with Gasteiger partial charge < -0.3 is 20.5 Å². The highest BCUT2D eigenvalue weighted by Gasteiger charge is 2.25. The van der Waals surface area contributed by atoms with Gasteiger partial charge in [0.2, 0.25) is 5.91 Å². The molecule has 3 N–H and O–H groups in total. The first-order chi connectivity index (χ1) is 9.36. The summed E-state index contributed by atoms with van der Waals surface area (Å²) in [4.78, 5) is 11.8. The van der Waals surface area contributed by atoms with Crippen molar-refractivity contribution >= 4 is 11.6 Å². The van der Waals surface area contributed by atoms with Crippen molar-refractivity contribution in [2.45, 2.75) is 26.4 Å². The molecule has 1 aromatic carbocycles. The lowest BCUT2D eigenvalue weighted by atomic mass is 9.92. The summed E-state index contributed by atoms with van der Waals surface area (Å²) >= 11 is 0. The van der Waals surface area contributed by atoms with Crippen LogP contribution in [-0.4, -0.2) is 36.8 Å². The third-order valence-electron chi connectivity index (χ3n) is 3.43. The van der Waals surface area contributed by atoms with Crippen LogP contribution in [0, 0.1) is 5.92 Å². The van der Waals surface area contributed by atoms with Crippen LogP contribution >= 0.6 is 0 Å². The number of benzene rings is 1. The number of rotatable bonds is 7. The second-order valence-corrected chi connectivity index (χ2v) is 5.34. The predicted octanol–water partition coefficient (Wildman–Crippen LogP) is 1.63. The Morgan fingerprint density at radius 3 is 2.65 bits per heavy atom. The third kappa shape index (κ3) is 4.74. The predicted molar refractivity (Wildman–Crippen MR) is 80.0 cm³/mol. The number of ether oxygens (including phenoxy) is 1. The average Bonchev–Trinajstić information content (AvgIpc) is 2.43. The second kappa shape index (κ2) is 7.14. The summed E-state index contributed by atoms with van der Waals surface area (Å²) < 4.78 is 5.19. The van der Waals surface area contributed by atoms with E-state index in [4.69, 9.17) is 4.74 Å². The molecule has 0 fully saturated rings. The van der Waals surface area contributed by atoms with Gasteiger partial charge in [-0.05, 0) is 25.0 Å². The van der Waals surface area contributed by atoms with Crippen LogP contribution in [0.4, 0.5) is 5.69 Å². The quantitative estimate of drug-likeness (QED) is 0.710. The fourth-order valence-electron chi connectivity index (χ4n) is 1.51. The van der Waals surface area contributed by atoms with E-state index in [9.17, 15) is 9.90 Å². The number of nitrogens with one attached hydrogen (secondary N) is 2. The van der Waals surface area contributed by atoms with E-state index < -0.39 is 5.60 Å². The van der Waals surface area contributed by atoms with E-state index in [1.54, 1.807) is 14.0 Å². The molecule has 20 heavy (non-hydrogen) atoms. The number of hydrogen-bond donors (Lipinski definition) is 3. The summed E-state index contributed by atoms with van der Waals surface area (Å²) in [5, 5.41) is 15.8. The highest BCUT2D eigenvalue weighted by atomic mass is 16.5. The lowest BCUT2D eigenvalue weighted by Crippen LogP contribution is -2.45. The van der Waals surface area contributed by atoms with Gasteiger partial charge in [0.1, 0.15) is 5.75 Å². The Morgan fingerprint density at radius 2 is 2.05 bits per heavy atom. The lowest BCUT2D eigenvalue weighted by molar-refractivity contribution is -0.120. The topological polar surface area (TPSA) is 70.6 Å². The van der Waals surface area contributed by atoms with Gasteiger partial charge >= 0.3 is 0 Å². The number of anilines is 1. The maximum Gasteiger partial charge on any atom is 0.239 e. The summed E-state index contributed by atoms with van der Waals surface area (Å²) in [6.45, 7) is 5.91. The van der Waals surface area contributed by atoms with E-state index >= 15 is 0 Å². The fourth-order valence-corrected chi connectivity index (χ4v) is 1.51. The zero-order chi connectivity index (χ0) is 15.2. The van der Waals surface area contributed by atoms with Crippen molar-refractivity contribution in [2.75, 3.05) is 25.5 Å². The molecule has 1 unspecified atom stereocenters. The molecule has 0 bridgehead atoms. The van der Waals surface area contributed by atoms with E-state index in [0.717, 1.165) is 5.69 Å². The molecule has 0 heterocycles. The Morgan fingerprint density at radius 1 is 1.40 bits per heavy atom. The maximum absolute atomic E-state index is 11.8. The van der Waals surface area contributed by atoms with E-state index in [1.165, 1.54) is 0 Å². The van der Waals surface area contributed by atoms with Crippen molar-refractivity contribution in [1.29, 1.82) is 0 Å². The Balaban J connectivity index is 2.44. The highest BCUT2D eigenvalue weighted by Crippen LogP contribution is 2.22. The van der Waals surface area contributed by atoms with Crippen LogP contribution in [0.1, 0.15) is 20.8 Å². The zero-order valence-corrected chi connectivity index (χ0v) is 12.6. The van der Waals surface area contributed by atoms with Crippen molar-refractivity contribution in [1.82, 2.24) is 5.32 Å². The molecule has 112 valence electrons. The number of methoxy groups -OCH3 is 1. The van der Waals surface area contributed by atoms with Crippen LogP contribution in [0.3, 0.4) is 0 Å². The van der Waals surface area contributed by atoms with Gasteiger partial charge in [0, 0.05) is 6.54 Å². The van der Waals surface area contributed by atoms with Crippen LogP contribution in [0.2, 0.25) is 0 Å². The van der Waals surface area contributed by atoms with E-state index in [1.807, 2.05) is 38.1 Å². The summed E-state index contributed by atoms with van der Waals surface area (Å²) in [5.74, 6) is 0.594. The maximum atomic E-state index is 11.8. The number of carbonyl (C=O) groups is 1. The molecule has 0 aliphatic heterocycles. The molecule has 5 nitrogen and oxygen atoms in total. The largest absolute Gasteiger partial charge is 0.495 e. The minimum Gasteiger partial charge on any atom is -0.495 e. The molecule has 0 saturated heterocycles. The Kier molecular flexibility index (Phi) is 5.82. The molecule has 1 atom stereocenters. The summed E-state index contributed by atoms with van der Waals surface area (Å²) in [6, 6.07) is 7.40. The number of para-hydroxylation sites is 2. The lowest BCUT2D eigenvalue weighted by Gasteiger charge is -2.27. The van der Waals surface area contributed by atoms with Crippen molar-refractivity contribution < 1.29 is 14.6 Å². The van der Waals surface area contributed by atoms with Gasteiger partial charge in [0.15, 0.2) is 0 Å². The Hall–Kier alpha value is -1.75. The molecule has 0 aromatic heterocycles. The summed E-state index contributed by atoms with van der Waals surface area (Å²) in [7, 11) is 1.58. The first-order valence-electron chi connectivity index (χ1n) is 6.73. The molecular weight excluding hydrogens is 256 g/mol. The van der Waals surface area contributed by atoms with Gasteiger partial charge in [-0.25, -0.2) is 0 Å². The minimum absolute atomic E-state index is 0.0741. The normalized spacial score (nSPS) is 13.7. The molecule has 1 rings (SSSR count). The van der Waals surface area contributed by atoms with Gasteiger partial charge in [-0.3, -0.25) is 4.79 Å². The summed E-state index contributed by atoms with van der Waals surface area (Å²) in [6.07, 6.45) is 0. The van der Waals surface area contributed by atoms with Crippen LogP contribution < -0.4 is 15.4 Å². The van der Waals surface area contributed by atoms with Crippen LogP contribution in [0.5, 0.6) is 5.75 Å². The van der Waals surface area contributed by atoms with Gasteiger partial charge in [-0.2, -0.15) is 0 Å². The van der Waals surface area contributed by atoms with E-state index in [0.29, 0.717) is 5.75 Å². The SMILES string of the molecule is COc1ccccc1NCC(=O)NCC(C)(O)C(C)C. The highest BCUT2D eigenvalue weighted by molar-refractivity contribution is 5.81. The molecule has 0 saturated carbocycles. The zero-order valence-electron chi connectivity index (χ0n) is 12.6. The van der Waals surface area contributed by atoms with Gasteiger partial charge in [0.05, 0.1) is 24.9 Å². The van der Waals surface area contributed by atoms with Crippen LogP contribution in [-0.2, 0) is 4.79 Å². The first-order valence-corrected chi connectivity index (χ1v) is 6.73. The molecule has 1 aromatic rings. The van der Waals surface area contributed by atoms with Crippen molar-refractivity contribution in [3.63, 3.8) is 0 Å². The van der Waals surface area contributed by atoms with E-state index in [2.05, 4.69) is 10.6 Å². The molecule has 5 heteroatoms. The van der Waals surface area contributed by atoms with Crippen molar-refractivity contribution in [3.8, 4) is 5.75 Å². The fraction of sp³-hybridized carbons (Fsp3) is 0.533. The van der Waals surface area contributed by atoms with Crippen molar-refractivity contribution in [2.24, 2.45) is 5.92 Å². The average molecular weight is 280 g/mol. The van der Waals surface area contributed by atoms with Gasteiger partial charge in [-0.1, -0.05) is 26.0 Å². The Labute approximate surface area is 120 Å².